The third-order valence-corrected chi connectivity index (χ3v) is 6.55. The van der Waals surface area contributed by atoms with Crippen LogP contribution in [0.1, 0.15) is 48.9 Å². The maximum Gasteiger partial charge on any atom is 0.421 e. The first-order valence-electron chi connectivity index (χ1n) is 8.49. The Balaban J connectivity index is 2.04. The number of alkyl halides is 3. The number of hydrogen-bond donors (Lipinski definition) is 1. The third kappa shape index (κ3) is 4.03. The average Bonchev–Trinajstić information content (AvgIpc) is 3.21. The molecule has 0 radical (unpaired) electrons. The van der Waals surface area contributed by atoms with E-state index in [0.29, 0.717) is 30.4 Å². The molecule has 1 N–H and O–H groups in total. The predicted molar refractivity (Wildman–Crippen MR) is 103 cm³/mol. The smallest absolute Gasteiger partial charge is 0.421 e. The maximum atomic E-state index is 13.8. The molecule has 4 nitrogen and oxygen atoms in total. The molecule has 1 unspecified atom stereocenters. The Bertz CT molecular complexity index is 966. The van der Waals surface area contributed by atoms with Crippen LogP contribution in [0.25, 0.3) is 0 Å². The Hall–Kier alpha value is -1.61. The lowest BCUT2D eigenvalue weighted by Gasteiger charge is -2.30. The highest BCUT2D eigenvalue weighted by molar-refractivity contribution is 7.16. The predicted octanol–water partition coefficient (Wildman–Crippen LogP) is 5.35. The van der Waals surface area contributed by atoms with Gasteiger partial charge in [0.25, 0.3) is 0 Å². The van der Waals surface area contributed by atoms with Crippen molar-refractivity contribution in [1.82, 2.24) is 0 Å². The molecule has 0 saturated carbocycles. The number of benzene rings is 1. The highest BCUT2D eigenvalue weighted by Gasteiger charge is 2.56. The van der Waals surface area contributed by atoms with E-state index >= 15 is 0 Å². The van der Waals surface area contributed by atoms with Crippen molar-refractivity contribution in [2.45, 2.75) is 37.5 Å². The second-order valence-electron chi connectivity index (χ2n) is 6.68. The van der Waals surface area contributed by atoms with Crippen LogP contribution in [0, 0.1) is 0 Å². The van der Waals surface area contributed by atoms with Crippen LogP contribution in [0.4, 0.5) is 13.2 Å². The van der Waals surface area contributed by atoms with E-state index in [1.165, 1.54) is 13.2 Å². The first-order valence-corrected chi connectivity index (χ1v) is 10.1. The molecular weight excluding hydrogens is 452 g/mol. The molecule has 29 heavy (non-hydrogen) atoms. The van der Waals surface area contributed by atoms with E-state index in [1.807, 2.05) is 0 Å². The number of carbonyl (C=O) groups excluding carboxylic acids is 2. The quantitative estimate of drug-likeness (QED) is 0.476. The minimum absolute atomic E-state index is 0.0358. The number of fused-ring (bicyclic) bond motifs is 1. The fourth-order valence-electron chi connectivity index (χ4n) is 3.42. The summed E-state index contributed by atoms with van der Waals surface area (Å²) in [6, 6.07) is 3.07. The SMILES string of the molecule is COC(=O)c1sc(C(=O)CC(O)(c2cc(Cl)cc(Cl)c2)C(F)(F)F)c2c1CCC2. The molecule has 156 valence electrons. The largest absolute Gasteiger partial charge is 0.465 e. The fourth-order valence-corrected chi connectivity index (χ4v) is 5.20. The standard InChI is InChI=1S/C19H15Cl2F3O4S/c1-28-17(26)16-13-4-2-3-12(13)15(29-16)14(25)8-18(27,19(22,23)24)9-5-10(20)7-11(21)6-9/h5-7,27H,2-4,8H2,1H3. The van der Waals surface area contributed by atoms with Crippen LogP contribution < -0.4 is 0 Å². The van der Waals surface area contributed by atoms with Gasteiger partial charge in [0.05, 0.1) is 18.4 Å². The third-order valence-electron chi connectivity index (χ3n) is 4.82. The first kappa shape index (κ1) is 22.1. The summed E-state index contributed by atoms with van der Waals surface area (Å²) < 4.78 is 46.2. The van der Waals surface area contributed by atoms with Crippen molar-refractivity contribution in [2.24, 2.45) is 0 Å². The monoisotopic (exact) mass is 466 g/mol. The normalized spacial score (nSPS) is 15.7. The van der Waals surface area contributed by atoms with Gasteiger partial charge in [-0.05, 0) is 54.2 Å². The van der Waals surface area contributed by atoms with Gasteiger partial charge in [0.2, 0.25) is 0 Å². The molecule has 0 spiro atoms. The van der Waals surface area contributed by atoms with Crippen LogP contribution in [0.3, 0.4) is 0 Å². The summed E-state index contributed by atoms with van der Waals surface area (Å²) in [6.07, 6.45) is -4.74. The van der Waals surface area contributed by atoms with E-state index in [4.69, 9.17) is 27.9 Å². The Morgan fingerprint density at radius 1 is 1.10 bits per heavy atom. The molecule has 0 bridgehead atoms. The van der Waals surface area contributed by atoms with Crippen molar-refractivity contribution in [1.29, 1.82) is 0 Å². The van der Waals surface area contributed by atoms with Crippen LogP contribution in [-0.4, -0.2) is 30.1 Å². The highest BCUT2D eigenvalue weighted by atomic mass is 35.5. The number of rotatable bonds is 5. The van der Waals surface area contributed by atoms with Gasteiger partial charge in [-0.15, -0.1) is 11.3 Å². The fraction of sp³-hybridized carbons (Fsp3) is 0.368. The lowest BCUT2D eigenvalue weighted by molar-refractivity contribution is -0.264. The molecule has 0 saturated heterocycles. The van der Waals surface area contributed by atoms with Gasteiger partial charge < -0.3 is 9.84 Å². The van der Waals surface area contributed by atoms with Crippen molar-refractivity contribution in [3.8, 4) is 0 Å². The van der Waals surface area contributed by atoms with E-state index in [1.54, 1.807) is 0 Å². The summed E-state index contributed by atoms with van der Waals surface area (Å²) in [5.74, 6) is -1.56. The minimum atomic E-state index is -5.16. The molecule has 2 aromatic rings. The summed E-state index contributed by atoms with van der Waals surface area (Å²) in [4.78, 5) is 25.1. The zero-order chi connectivity index (χ0) is 21.6. The number of halogens is 5. The van der Waals surface area contributed by atoms with E-state index in [0.717, 1.165) is 23.5 Å². The zero-order valence-corrected chi connectivity index (χ0v) is 17.4. The summed E-state index contributed by atoms with van der Waals surface area (Å²) in [7, 11) is 1.19. The molecule has 0 fully saturated rings. The molecule has 1 heterocycles. The molecule has 0 amide bonds. The molecule has 1 aromatic heterocycles. The summed E-state index contributed by atoms with van der Waals surface area (Å²) >= 11 is 12.4. The second-order valence-corrected chi connectivity index (χ2v) is 8.57. The van der Waals surface area contributed by atoms with Gasteiger partial charge in [0.1, 0.15) is 4.88 Å². The number of methoxy groups -OCH3 is 1. The second kappa shape index (κ2) is 7.91. The summed E-state index contributed by atoms with van der Waals surface area (Å²) in [5, 5.41) is 10.4. The number of aliphatic hydroxyl groups is 1. The Kier molecular flexibility index (Phi) is 6.02. The van der Waals surface area contributed by atoms with Crippen LogP contribution in [0.15, 0.2) is 18.2 Å². The van der Waals surface area contributed by atoms with Gasteiger partial charge in [0, 0.05) is 10.0 Å². The number of hydrogen-bond acceptors (Lipinski definition) is 5. The van der Waals surface area contributed by atoms with E-state index in [2.05, 4.69) is 0 Å². The molecule has 0 aliphatic heterocycles. The van der Waals surface area contributed by atoms with Crippen molar-refractivity contribution in [2.75, 3.05) is 7.11 Å². The number of ketones is 1. The molecule has 1 aliphatic rings. The molecule has 1 atom stereocenters. The van der Waals surface area contributed by atoms with Gasteiger partial charge in [0.15, 0.2) is 11.4 Å². The lowest BCUT2D eigenvalue weighted by atomic mass is 9.87. The van der Waals surface area contributed by atoms with Gasteiger partial charge in [-0.1, -0.05) is 23.2 Å². The van der Waals surface area contributed by atoms with Gasteiger partial charge in [-0.25, -0.2) is 4.79 Å². The highest BCUT2D eigenvalue weighted by Crippen LogP contribution is 2.45. The van der Waals surface area contributed by atoms with E-state index in [-0.39, 0.29) is 19.8 Å². The number of thiophene rings is 1. The number of esters is 1. The molecular formula is C19H15Cl2F3O4S. The van der Waals surface area contributed by atoms with E-state index < -0.39 is 35.5 Å². The van der Waals surface area contributed by atoms with Crippen molar-refractivity contribution in [3.63, 3.8) is 0 Å². The van der Waals surface area contributed by atoms with E-state index in [9.17, 15) is 27.9 Å². The van der Waals surface area contributed by atoms with Gasteiger partial charge >= 0.3 is 12.1 Å². The molecule has 1 aromatic carbocycles. The van der Waals surface area contributed by atoms with Gasteiger partial charge in [-0.3, -0.25) is 4.79 Å². The molecule has 3 rings (SSSR count). The van der Waals surface area contributed by atoms with Gasteiger partial charge in [-0.2, -0.15) is 13.2 Å². The van der Waals surface area contributed by atoms with Crippen LogP contribution in [0.5, 0.6) is 0 Å². The lowest BCUT2D eigenvalue weighted by Crippen LogP contribution is -2.44. The molecule has 10 heteroatoms. The number of Topliss-reactive ketones (excluding diaryl/α,β-unsaturated/α-hetero) is 1. The molecule has 1 aliphatic carbocycles. The van der Waals surface area contributed by atoms with Crippen LogP contribution in [-0.2, 0) is 23.2 Å². The van der Waals surface area contributed by atoms with Crippen molar-refractivity contribution >= 4 is 46.3 Å². The summed E-state index contributed by atoms with van der Waals surface area (Å²) in [5.41, 5.74) is -2.93. The van der Waals surface area contributed by atoms with Crippen LogP contribution in [0.2, 0.25) is 10.0 Å². The maximum absolute atomic E-state index is 13.8. The van der Waals surface area contributed by atoms with Crippen molar-refractivity contribution < 1.29 is 32.6 Å². The average molecular weight is 467 g/mol. The topological polar surface area (TPSA) is 63.6 Å². The number of carbonyl (C=O) groups is 2. The Morgan fingerprint density at radius 3 is 2.17 bits per heavy atom. The Morgan fingerprint density at radius 2 is 1.66 bits per heavy atom. The zero-order valence-electron chi connectivity index (χ0n) is 15.0. The number of ether oxygens (including phenoxy) is 1. The van der Waals surface area contributed by atoms with Crippen LogP contribution >= 0.6 is 34.5 Å². The Labute approximate surface area is 178 Å². The van der Waals surface area contributed by atoms with Crippen molar-refractivity contribution in [3.05, 3.63) is 54.7 Å². The minimum Gasteiger partial charge on any atom is -0.465 e. The summed E-state index contributed by atoms with van der Waals surface area (Å²) in [6.45, 7) is 0. The first-order chi connectivity index (χ1) is 13.5.